The van der Waals surface area contributed by atoms with Gasteiger partial charge in [0.05, 0.1) is 0 Å². The van der Waals surface area contributed by atoms with E-state index in [0.29, 0.717) is 0 Å². The van der Waals surface area contributed by atoms with Gasteiger partial charge in [-0.3, -0.25) is 0 Å². The average molecular weight is 254 g/mol. The lowest BCUT2D eigenvalue weighted by Crippen LogP contribution is -2.01. The number of benzene rings is 3. The molecule has 0 N–H and O–H groups in total. The van der Waals surface area contributed by atoms with Gasteiger partial charge in [0, 0.05) is 0 Å². The van der Waals surface area contributed by atoms with Crippen molar-refractivity contribution in [1.29, 1.82) is 0 Å². The lowest BCUT2D eigenvalue weighted by atomic mass is 9.82. The first-order chi connectivity index (χ1) is 9.93. The maximum absolute atomic E-state index is 2.32. The van der Waals surface area contributed by atoms with Crippen molar-refractivity contribution in [2.45, 2.75) is 12.8 Å². The molecule has 0 saturated heterocycles. The zero-order valence-corrected chi connectivity index (χ0v) is 11.2. The van der Waals surface area contributed by atoms with Crippen LogP contribution in [0.2, 0.25) is 0 Å². The van der Waals surface area contributed by atoms with E-state index >= 15 is 0 Å². The summed E-state index contributed by atoms with van der Waals surface area (Å²) in [5, 5.41) is 5.75. The van der Waals surface area contributed by atoms with E-state index < -0.39 is 0 Å². The highest BCUT2D eigenvalue weighted by molar-refractivity contribution is 6.17. The van der Waals surface area contributed by atoms with Crippen LogP contribution in [0, 0.1) is 0 Å². The molecule has 0 amide bonds. The van der Waals surface area contributed by atoms with Gasteiger partial charge in [0.15, 0.2) is 0 Å². The molecule has 94 valence electrons. The van der Waals surface area contributed by atoms with E-state index in [9.17, 15) is 0 Å². The lowest BCUT2D eigenvalue weighted by Gasteiger charge is -2.21. The summed E-state index contributed by atoms with van der Waals surface area (Å²) in [6.07, 6.45) is 11.3. The fourth-order valence-electron chi connectivity index (χ4n) is 3.85. The van der Waals surface area contributed by atoms with Crippen LogP contribution in [0.25, 0.3) is 33.7 Å². The second kappa shape index (κ2) is 3.61. The smallest absolute Gasteiger partial charge is 0.00638 e. The molecule has 0 aliphatic heterocycles. The zero-order chi connectivity index (χ0) is 13.1. The summed E-state index contributed by atoms with van der Waals surface area (Å²) in [4.78, 5) is 0. The maximum Gasteiger partial charge on any atom is -0.00638 e. The molecule has 0 spiro atoms. The van der Waals surface area contributed by atoms with Gasteiger partial charge in [-0.1, -0.05) is 60.7 Å². The first-order valence-corrected chi connectivity index (χ1v) is 7.26. The van der Waals surface area contributed by atoms with Crippen molar-refractivity contribution in [1.82, 2.24) is 0 Å². The standard InChI is InChI=1S/C20H14/c1-5-13-6-2-11-17-18-12-4-8-14-7-3-10-16(20(14)18)15(9-1)19(13)17/h1-5,7,9-12H,6,8H2. The average Bonchev–Trinajstić information content (AvgIpc) is 2.52. The predicted molar refractivity (Wildman–Crippen MR) is 86.9 cm³/mol. The third-order valence-corrected chi connectivity index (χ3v) is 4.67. The van der Waals surface area contributed by atoms with Gasteiger partial charge in [-0.25, -0.2) is 0 Å². The Morgan fingerprint density at radius 3 is 1.60 bits per heavy atom. The third-order valence-electron chi connectivity index (χ3n) is 4.67. The van der Waals surface area contributed by atoms with Crippen molar-refractivity contribution < 1.29 is 0 Å². The largest absolute Gasteiger partial charge is 0.0795 e. The highest BCUT2D eigenvalue weighted by Gasteiger charge is 2.18. The van der Waals surface area contributed by atoms with Crippen LogP contribution in [0.1, 0.15) is 22.3 Å². The molecular formula is C20H14. The topological polar surface area (TPSA) is 0 Å². The molecule has 0 fully saturated rings. The summed E-state index contributed by atoms with van der Waals surface area (Å²) in [5.41, 5.74) is 5.75. The number of rotatable bonds is 0. The minimum Gasteiger partial charge on any atom is -0.0795 e. The van der Waals surface area contributed by atoms with Crippen molar-refractivity contribution in [3.8, 4) is 0 Å². The molecule has 20 heavy (non-hydrogen) atoms. The predicted octanol–water partition coefficient (Wildman–Crippen LogP) is 5.13. The lowest BCUT2D eigenvalue weighted by molar-refractivity contribution is 1.27. The number of fused-ring (bicyclic) bond motifs is 2. The van der Waals surface area contributed by atoms with Gasteiger partial charge in [0.25, 0.3) is 0 Å². The van der Waals surface area contributed by atoms with Crippen LogP contribution >= 0.6 is 0 Å². The van der Waals surface area contributed by atoms with Crippen molar-refractivity contribution in [3.63, 3.8) is 0 Å². The molecule has 0 aromatic heterocycles. The quantitative estimate of drug-likeness (QED) is 0.488. The van der Waals surface area contributed by atoms with Gasteiger partial charge in [-0.15, -0.1) is 0 Å². The van der Waals surface area contributed by atoms with Crippen LogP contribution in [0.4, 0.5) is 0 Å². The van der Waals surface area contributed by atoms with Crippen LogP contribution in [0.15, 0.2) is 48.6 Å². The second-order valence-electron chi connectivity index (χ2n) is 5.72. The second-order valence-corrected chi connectivity index (χ2v) is 5.72. The minimum absolute atomic E-state index is 1.05. The van der Waals surface area contributed by atoms with E-state index in [1.807, 2.05) is 0 Å². The Balaban J connectivity index is 2.18. The molecule has 3 aromatic carbocycles. The van der Waals surface area contributed by atoms with Crippen molar-refractivity contribution >= 4 is 33.7 Å². The highest BCUT2D eigenvalue weighted by Crippen LogP contribution is 2.41. The van der Waals surface area contributed by atoms with Crippen molar-refractivity contribution in [2.24, 2.45) is 0 Å². The van der Waals surface area contributed by atoms with E-state index in [2.05, 4.69) is 60.7 Å². The monoisotopic (exact) mass is 254 g/mol. The summed E-state index contributed by atoms with van der Waals surface area (Å²) < 4.78 is 0. The number of allylic oxidation sites excluding steroid dienone is 2. The Hall–Kier alpha value is -2.34. The maximum atomic E-state index is 2.32. The normalized spacial score (nSPS) is 15.2. The summed E-state index contributed by atoms with van der Waals surface area (Å²) >= 11 is 0. The van der Waals surface area contributed by atoms with Gasteiger partial charge in [0.2, 0.25) is 0 Å². The van der Waals surface area contributed by atoms with Crippen molar-refractivity contribution in [2.75, 3.05) is 0 Å². The van der Waals surface area contributed by atoms with E-state index in [-0.39, 0.29) is 0 Å². The van der Waals surface area contributed by atoms with Crippen LogP contribution in [-0.2, 0) is 12.8 Å². The van der Waals surface area contributed by atoms with Crippen LogP contribution in [0.5, 0.6) is 0 Å². The Kier molecular flexibility index (Phi) is 1.88. The molecule has 0 radical (unpaired) electrons. The Morgan fingerprint density at radius 1 is 0.600 bits per heavy atom. The Labute approximate surface area is 118 Å². The molecule has 0 heterocycles. The van der Waals surface area contributed by atoms with E-state index in [4.69, 9.17) is 0 Å². The molecule has 3 aromatic rings. The Morgan fingerprint density at radius 2 is 1.10 bits per heavy atom. The van der Waals surface area contributed by atoms with Gasteiger partial charge >= 0.3 is 0 Å². The van der Waals surface area contributed by atoms with Gasteiger partial charge < -0.3 is 0 Å². The summed E-state index contributed by atoms with van der Waals surface area (Å²) in [5.74, 6) is 0. The summed E-state index contributed by atoms with van der Waals surface area (Å²) in [7, 11) is 0. The zero-order valence-electron chi connectivity index (χ0n) is 11.2. The molecule has 2 aliphatic rings. The van der Waals surface area contributed by atoms with E-state index in [1.165, 1.54) is 43.8 Å². The van der Waals surface area contributed by atoms with Gasteiger partial charge in [-0.05, 0) is 56.6 Å². The molecule has 0 saturated carbocycles. The van der Waals surface area contributed by atoms with Gasteiger partial charge in [0.1, 0.15) is 0 Å². The Bertz CT molecular complexity index is 861. The van der Waals surface area contributed by atoms with E-state index in [0.717, 1.165) is 12.8 Å². The molecule has 0 atom stereocenters. The van der Waals surface area contributed by atoms with Crippen LogP contribution in [0.3, 0.4) is 0 Å². The summed E-state index contributed by atoms with van der Waals surface area (Å²) in [6, 6.07) is 13.5. The number of hydrogen-bond donors (Lipinski definition) is 0. The first-order valence-electron chi connectivity index (χ1n) is 7.26. The van der Waals surface area contributed by atoms with Crippen LogP contribution in [-0.4, -0.2) is 0 Å². The SMILES string of the molecule is C1=Cc2c3c4c(cccc4c4cccc(c24)C1)CC=C3. The first kappa shape index (κ1) is 10.4. The highest BCUT2D eigenvalue weighted by atomic mass is 14.2. The van der Waals surface area contributed by atoms with Crippen LogP contribution < -0.4 is 0 Å². The third kappa shape index (κ3) is 1.17. The fraction of sp³-hybridized carbons (Fsp3) is 0.100. The number of hydrogen-bond acceptors (Lipinski definition) is 0. The molecule has 0 bridgehead atoms. The van der Waals surface area contributed by atoms with Gasteiger partial charge in [-0.2, -0.15) is 0 Å². The minimum atomic E-state index is 1.05. The molecule has 0 unspecified atom stereocenters. The molecule has 0 nitrogen and oxygen atoms in total. The fourth-order valence-corrected chi connectivity index (χ4v) is 3.85. The molecule has 5 rings (SSSR count). The molecule has 2 aliphatic carbocycles. The van der Waals surface area contributed by atoms with E-state index in [1.54, 1.807) is 0 Å². The molecule has 0 heteroatoms. The summed E-state index contributed by atoms with van der Waals surface area (Å²) in [6.45, 7) is 0. The van der Waals surface area contributed by atoms with Crippen molar-refractivity contribution in [3.05, 3.63) is 70.8 Å². The molecular weight excluding hydrogens is 240 g/mol.